The molecular weight excluding hydrogens is 471 g/mol. The molecule has 0 amide bonds. The molecule has 150 valence electrons. The van der Waals surface area contributed by atoms with Gasteiger partial charge in [0.25, 0.3) is 0 Å². The molecule has 1 aliphatic heterocycles. The number of aliphatic imine (C=N–C) groups is 1. The summed E-state index contributed by atoms with van der Waals surface area (Å²) in [6.07, 6.45) is 2.17. The number of sulfonamides is 1. The van der Waals surface area contributed by atoms with Crippen molar-refractivity contribution in [3.8, 4) is 0 Å². The first kappa shape index (κ1) is 25.3. The van der Waals surface area contributed by atoms with Crippen LogP contribution >= 0.6 is 35.7 Å². The van der Waals surface area contributed by atoms with Crippen molar-refractivity contribution in [3.05, 3.63) is 0 Å². The van der Waals surface area contributed by atoms with E-state index in [0.29, 0.717) is 37.1 Å². The lowest BCUT2D eigenvalue weighted by Crippen LogP contribution is -2.46. The summed E-state index contributed by atoms with van der Waals surface area (Å²) < 4.78 is 26.2. The molecule has 0 radical (unpaired) electrons. The van der Waals surface area contributed by atoms with Crippen molar-refractivity contribution < 1.29 is 8.42 Å². The topological polar surface area (TPSA) is 73.8 Å². The smallest absolute Gasteiger partial charge is 0.215 e. The van der Waals surface area contributed by atoms with Crippen LogP contribution in [0.3, 0.4) is 0 Å². The molecule has 0 saturated carbocycles. The fraction of sp³-hybridized carbons (Fsp3) is 0.938. The molecule has 1 fully saturated rings. The minimum absolute atomic E-state index is 0. The van der Waals surface area contributed by atoms with Gasteiger partial charge in [-0.05, 0) is 25.2 Å². The van der Waals surface area contributed by atoms with Crippen molar-refractivity contribution in [2.24, 2.45) is 10.4 Å². The van der Waals surface area contributed by atoms with Crippen LogP contribution in [0.5, 0.6) is 0 Å². The molecule has 0 aromatic rings. The Bertz CT molecular complexity index is 501. The number of hydrogen-bond donors (Lipinski definition) is 2. The van der Waals surface area contributed by atoms with Gasteiger partial charge in [0, 0.05) is 44.2 Å². The summed E-state index contributed by atoms with van der Waals surface area (Å²) in [6, 6.07) is 0.297. The first-order chi connectivity index (χ1) is 11.1. The zero-order chi connectivity index (χ0) is 18.2. The average Bonchev–Trinajstić information content (AvgIpc) is 2.52. The molecule has 2 N–H and O–H groups in total. The Hall–Kier alpha value is 0.260. The predicted molar refractivity (Wildman–Crippen MR) is 121 cm³/mol. The first-order valence-electron chi connectivity index (χ1n) is 8.67. The van der Waals surface area contributed by atoms with Gasteiger partial charge in [-0.1, -0.05) is 20.8 Å². The van der Waals surface area contributed by atoms with Crippen molar-refractivity contribution in [3.63, 3.8) is 0 Å². The molecule has 1 rings (SSSR count). The molecule has 25 heavy (non-hydrogen) atoms. The second kappa shape index (κ2) is 11.9. The molecule has 0 aliphatic carbocycles. The van der Waals surface area contributed by atoms with Gasteiger partial charge in [0.05, 0.1) is 5.75 Å². The van der Waals surface area contributed by atoms with Gasteiger partial charge < -0.3 is 10.6 Å². The van der Waals surface area contributed by atoms with Crippen LogP contribution in [-0.4, -0.2) is 68.7 Å². The summed E-state index contributed by atoms with van der Waals surface area (Å²) in [5.74, 6) is 2.55. The molecule has 1 saturated heterocycles. The number of thioether (sulfide) groups is 1. The van der Waals surface area contributed by atoms with E-state index in [1.54, 1.807) is 11.4 Å². The Balaban J connectivity index is 0.00000576. The molecule has 1 atom stereocenters. The van der Waals surface area contributed by atoms with Gasteiger partial charge in [0.1, 0.15) is 0 Å². The summed E-state index contributed by atoms with van der Waals surface area (Å²) >= 11 is 1.81. The van der Waals surface area contributed by atoms with Gasteiger partial charge in [0.15, 0.2) is 5.96 Å². The van der Waals surface area contributed by atoms with Gasteiger partial charge in [-0.15, -0.1) is 24.0 Å². The molecule has 0 bridgehead atoms. The van der Waals surface area contributed by atoms with E-state index < -0.39 is 10.0 Å². The molecule has 1 heterocycles. The quantitative estimate of drug-likeness (QED) is 0.315. The van der Waals surface area contributed by atoms with E-state index in [9.17, 15) is 8.42 Å². The zero-order valence-corrected chi connectivity index (χ0v) is 20.1. The van der Waals surface area contributed by atoms with E-state index >= 15 is 0 Å². The highest BCUT2D eigenvalue weighted by Gasteiger charge is 2.23. The van der Waals surface area contributed by atoms with Crippen LogP contribution in [0.15, 0.2) is 4.99 Å². The molecule has 0 aromatic heterocycles. The van der Waals surface area contributed by atoms with Crippen molar-refractivity contribution in [2.45, 2.75) is 46.6 Å². The standard InChI is InChI=1S/C16H34N4O2S2.HI/c1-14(6-7-16(2,3)4)19-15(17-5)18-8-13-24(21,22)20-9-11-23-12-10-20;/h14H,6-13H2,1-5H3,(H2,17,18,19);1H. The Labute approximate surface area is 175 Å². The first-order valence-corrected chi connectivity index (χ1v) is 11.4. The fourth-order valence-corrected chi connectivity index (χ4v) is 4.89. The molecule has 0 aromatic carbocycles. The van der Waals surface area contributed by atoms with Crippen LogP contribution in [0.4, 0.5) is 0 Å². The largest absolute Gasteiger partial charge is 0.355 e. The Morgan fingerprint density at radius 3 is 2.40 bits per heavy atom. The van der Waals surface area contributed by atoms with Gasteiger partial charge in [-0.2, -0.15) is 11.8 Å². The lowest BCUT2D eigenvalue weighted by Gasteiger charge is -2.26. The van der Waals surface area contributed by atoms with Gasteiger partial charge in [-0.25, -0.2) is 12.7 Å². The van der Waals surface area contributed by atoms with Crippen molar-refractivity contribution >= 4 is 51.7 Å². The van der Waals surface area contributed by atoms with E-state index in [4.69, 9.17) is 0 Å². The number of nitrogens with one attached hydrogen (secondary N) is 2. The minimum atomic E-state index is -3.17. The predicted octanol–water partition coefficient (Wildman–Crippen LogP) is 2.36. The highest BCUT2D eigenvalue weighted by Crippen LogP contribution is 2.21. The van der Waals surface area contributed by atoms with Gasteiger partial charge in [-0.3, -0.25) is 4.99 Å². The third-order valence-electron chi connectivity index (χ3n) is 3.95. The summed E-state index contributed by atoms with van der Waals surface area (Å²) in [4.78, 5) is 4.19. The summed E-state index contributed by atoms with van der Waals surface area (Å²) in [5.41, 5.74) is 0.313. The van der Waals surface area contributed by atoms with Crippen LogP contribution in [0.1, 0.15) is 40.5 Å². The monoisotopic (exact) mass is 506 g/mol. The maximum Gasteiger partial charge on any atom is 0.215 e. The summed E-state index contributed by atoms with van der Waals surface area (Å²) in [7, 11) is -1.46. The van der Waals surface area contributed by atoms with Crippen molar-refractivity contribution in [2.75, 3.05) is 43.9 Å². The normalized spacial score (nSPS) is 18.4. The summed E-state index contributed by atoms with van der Waals surface area (Å²) in [6.45, 7) is 10.5. The number of halogens is 1. The van der Waals surface area contributed by atoms with E-state index in [1.807, 2.05) is 11.8 Å². The Kier molecular flexibility index (Phi) is 12.0. The molecule has 6 nitrogen and oxygen atoms in total. The minimum Gasteiger partial charge on any atom is -0.355 e. The third-order valence-corrected chi connectivity index (χ3v) is 6.76. The second-order valence-corrected chi connectivity index (χ2v) is 10.8. The number of nitrogens with zero attached hydrogens (tertiary/aromatic N) is 2. The maximum absolute atomic E-state index is 12.3. The average molecular weight is 507 g/mol. The van der Waals surface area contributed by atoms with Crippen molar-refractivity contribution in [1.29, 1.82) is 0 Å². The van der Waals surface area contributed by atoms with Crippen LogP contribution in [0.25, 0.3) is 0 Å². The van der Waals surface area contributed by atoms with E-state index in [-0.39, 0.29) is 29.7 Å². The zero-order valence-electron chi connectivity index (χ0n) is 16.2. The van der Waals surface area contributed by atoms with Crippen LogP contribution in [-0.2, 0) is 10.0 Å². The number of hydrogen-bond acceptors (Lipinski definition) is 4. The number of rotatable bonds is 7. The van der Waals surface area contributed by atoms with Gasteiger partial charge in [0.2, 0.25) is 10.0 Å². The fourth-order valence-electron chi connectivity index (χ4n) is 2.40. The third kappa shape index (κ3) is 10.9. The van der Waals surface area contributed by atoms with E-state index in [2.05, 4.69) is 43.3 Å². The van der Waals surface area contributed by atoms with E-state index in [0.717, 1.165) is 24.3 Å². The van der Waals surface area contributed by atoms with Crippen LogP contribution in [0.2, 0.25) is 0 Å². The lowest BCUT2D eigenvalue weighted by molar-refractivity contribution is 0.346. The molecule has 1 aliphatic rings. The van der Waals surface area contributed by atoms with E-state index in [1.165, 1.54) is 0 Å². The SMILES string of the molecule is CN=C(NCCS(=O)(=O)N1CCSCC1)NC(C)CCC(C)(C)C.I. The number of guanidine groups is 1. The molecule has 1 unspecified atom stereocenters. The second-order valence-electron chi connectivity index (χ2n) is 7.47. The van der Waals surface area contributed by atoms with Crippen molar-refractivity contribution in [1.82, 2.24) is 14.9 Å². The Morgan fingerprint density at radius 2 is 1.88 bits per heavy atom. The van der Waals surface area contributed by atoms with Gasteiger partial charge >= 0.3 is 0 Å². The molecular formula is C16H35IN4O2S2. The highest BCUT2D eigenvalue weighted by atomic mass is 127. The maximum atomic E-state index is 12.3. The van der Waals surface area contributed by atoms with Crippen LogP contribution in [0, 0.1) is 5.41 Å². The molecule has 0 spiro atoms. The lowest BCUT2D eigenvalue weighted by atomic mass is 9.89. The Morgan fingerprint density at radius 1 is 1.28 bits per heavy atom. The summed E-state index contributed by atoms with van der Waals surface area (Å²) in [5, 5.41) is 6.45. The highest BCUT2D eigenvalue weighted by molar-refractivity contribution is 14.0. The van der Waals surface area contributed by atoms with Crippen LogP contribution < -0.4 is 10.6 Å². The molecule has 9 heteroatoms.